The molecule has 3 saturated carbocycles. The molecule has 0 heterocycles. The predicted molar refractivity (Wildman–Crippen MR) is 102 cm³/mol. The first-order valence-corrected chi connectivity index (χ1v) is 10.2. The number of hydrogen-bond acceptors (Lipinski definition) is 1. The summed E-state index contributed by atoms with van der Waals surface area (Å²) in [5, 5.41) is 7.00. The van der Waals surface area contributed by atoms with E-state index in [1.807, 2.05) is 0 Å². The molecule has 1 heteroatoms. The van der Waals surface area contributed by atoms with E-state index in [0.717, 1.165) is 24.9 Å². The van der Waals surface area contributed by atoms with Crippen molar-refractivity contribution >= 4 is 0 Å². The van der Waals surface area contributed by atoms with E-state index < -0.39 is 0 Å². The summed E-state index contributed by atoms with van der Waals surface area (Å²) >= 11 is 0. The Balaban J connectivity index is 0.000000298. The molecule has 4 aliphatic carbocycles. The summed E-state index contributed by atoms with van der Waals surface area (Å²) in [6, 6.07) is 7.25. The van der Waals surface area contributed by atoms with Crippen LogP contribution in [0.15, 0.2) is 18.2 Å². The van der Waals surface area contributed by atoms with E-state index in [9.17, 15) is 0 Å². The number of aliphatic hydroxyl groups excluding tert-OH is 1. The molecule has 1 N–H and O–H groups in total. The summed E-state index contributed by atoms with van der Waals surface area (Å²) < 4.78 is 0. The fourth-order valence-electron chi connectivity index (χ4n) is 5.70. The second-order valence-electron chi connectivity index (χ2n) is 8.76. The summed E-state index contributed by atoms with van der Waals surface area (Å²) in [6.45, 7) is 4.83. The van der Waals surface area contributed by atoms with Gasteiger partial charge in [0.15, 0.2) is 0 Å². The predicted octanol–water partition coefficient (Wildman–Crippen LogP) is 6.02. The van der Waals surface area contributed by atoms with E-state index >= 15 is 0 Å². The highest BCUT2D eigenvalue weighted by molar-refractivity contribution is 5.37. The van der Waals surface area contributed by atoms with E-state index in [2.05, 4.69) is 32.0 Å². The summed E-state index contributed by atoms with van der Waals surface area (Å²) in [6.07, 6.45) is 14.7. The fraction of sp³-hybridized carbons (Fsp3) is 0.739. The lowest BCUT2D eigenvalue weighted by Crippen LogP contribution is -2.39. The molecular formula is C23H36O. The third-order valence-corrected chi connectivity index (χ3v) is 7.02. The van der Waals surface area contributed by atoms with Gasteiger partial charge in [0.25, 0.3) is 0 Å². The Morgan fingerprint density at radius 3 is 2.42 bits per heavy atom. The Morgan fingerprint density at radius 2 is 1.71 bits per heavy atom. The monoisotopic (exact) mass is 328 g/mol. The van der Waals surface area contributed by atoms with Crippen molar-refractivity contribution in [2.24, 2.45) is 17.3 Å². The van der Waals surface area contributed by atoms with Gasteiger partial charge in [0.2, 0.25) is 0 Å². The molecule has 1 aromatic rings. The molecule has 0 amide bonds. The normalized spacial score (nSPS) is 35.2. The first-order valence-electron chi connectivity index (χ1n) is 10.2. The van der Waals surface area contributed by atoms with Crippen molar-refractivity contribution in [3.05, 3.63) is 34.9 Å². The van der Waals surface area contributed by atoms with E-state index in [1.54, 1.807) is 11.1 Å². The Kier molecular flexibility index (Phi) is 5.70. The van der Waals surface area contributed by atoms with Gasteiger partial charge in [0.1, 0.15) is 0 Å². The average Bonchev–Trinajstić information content (AvgIpc) is 3.43. The van der Waals surface area contributed by atoms with Crippen LogP contribution in [0, 0.1) is 24.2 Å². The van der Waals surface area contributed by atoms with Crippen molar-refractivity contribution in [2.45, 2.75) is 84.0 Å². The highest BCUT2D eigenvalue weighted by atomic mass is 16.2. The molecule has 1 nitrogen and oxygen atoms in total. The second-order valence-corrected chi connectivity index (χ2v) is 8.76. The molecule has 1 aromatic carbocycles. The minimum atomic E-state index is 0.698. The SMILES string of the molecule is C1CC1.CO.Cc1ccc2c(c1)CCC1C2CCC2(C)CCCC12. The lowest BCUT2D eigenvalue weighted by molar-refractivity contribution is 0.0598. The van der Waals surface area contributed by atoms with Crippen LogP contribution >= 0.6 is 0 Å². The minimum absolute atomic E-state index is 0.698. The lowest BCUT2D eigenvalue weighted by Gasteiger charge is -2.49. The van der Waals surface area contributed by atoms with Gasteiger partial charge >= 0.3 is 0 Å². The van der Waals surface area contributed by atoms with Gasteiger partial charge < -0.3 is 5.11 Å². The number of hydrogen-bond donors (Lipinski definition) is 1. The van der Waals surface area contributed by atoms with Crippen LogP contribution in [-0.4, -0.2) is 12.2 Å². The van der Waals surface area contributed by atoms with Gasteiger partial charge in [0.05, 0.1) is 0 Å². The highest BCUT2D eigenvalue weighted by Gasteiger charge is 2.49. The molecule has 5 rings (SSSR count). The van der Waals surface area contributed by atoms with Crippen LogP contribution in [0.2, 0.25) is 0 Å². The maximum atomic E-state index is 7.00. The van der Waals surface area contributed by atoms with Gasteiger partial charge in [-0.3, -0.25) is 0 Å². The molecule has 4 aliphatic rings. The number of fused-ring (bicyclic) bond motifs is 5. The van der Waals surface area contributed by atoms with Crippen LogP contribution in [0.5, 0.6) is 0 Å². The summed E-state index contributed by atoms with van der Waals surface area (Å²) in [7, 11) is 1.00. The van der Waals surface area contributed by atoms with Crippen molar-refractivity contribution in [1.82, 2.24) is 0 Å². The number of rotatable bonds is 0. The molecule has 0 aromatic heterocycles. The standard InChI is InChI=1S/C19H26.C3H6.CH4O/c1-13-5-7-15-14(12-13)6-8-17-16(15)9-11-19(2)10-3-4-18(17)19;1-2-3-1;1-2/h5,7,12,16-18H,3-4,6,8-11H2,1-2H3;1-3H2;2H,1H3. The van der Waals surface area contributed by atoms with Gasteiger partial charge in [-0.05, 0) is 79.7 Å². The highest BCUT2D eigenvalue weighted by Crippen LogP contribution is 2.60. The second kappa shape index (κ2) is 7.60. The average molecular weight is 329 g/mol. The van der Waals surface area contributed by atoms with E-state index in [4.69, 9.17) is 5.11 Å². The molecule has 0 aliphatic heterocycles. The third kappa shape index (κ3) is 3.57. The summed E-state index contributed by atoms with van der Waals surface area (Å²) in [5.41, 5.74) is 5.53. The maximum Gasteiger partial charge on any atom is 0.0319 e. The van der Waals surface area contributed by atoms with Crippen LogP contribution < -0.4 is 0 Å². The van der Waals surface area contributed by atoms with Gasteiger partial charge in [0, 0.05) is 7.11 Å². The summed E-state index contributed by atoms with van der Waals surface area (Å²) in [4.78, 5) is 0. The molecule has 0 radical (unpaired) electrons. The van der Waals surface area contributed by atoms with Gasteiger partial charge in [-0.1, -0.05) is 56.4 Å². The Hall–Kier alpha value is -0.820. The van der Waals surface area contributed by atoms with Crippen molar-refractivity contribution in [3.63, 3.8) is 0 Å². The van der Waals surface area contributed by atoms with Gasteiger partial charge in [-0.2, -0.15) is 0 Å². The van der Waals surface area contributed by atoms with Crippen molar-refractivity contribution < 1.29 is 5.11 Å². The quantitative estimate of drug-likeness (QED) is 0.617. The first kappa shape index (κ1) is 18.0. The van der Waals surface area contributed by atoms with E-state index in [1.165, 1.54) is 69.8 Å². The number of benzene rings is 1. The van der Waals surface area contributed by atoms with Crippen LogP contribution in [0.4, 0.5) is 0 Å². The maximum absolute atomic E-state index is 7.00. The topological polar surface area (TPSA) is 20.2 Å². The zero-order valence-corrected chi connectivity index (χ0v) is 16.0. The van der Waals surface area contributed by atoms with Crippen LogP contribution in [0.25, 0.3) is 0 Å². The van der Waals surface area contributed by atoms with E-state index in [0.29, 0.717) is 5.41 Å². The minimum Gasteiger partial charge on any atom is -0.400 e. The van der Waals surface area contributed by atoms with Gasteiger partial charge in [-0.25, -0.2) is 0 Å². The molecule has 134 valence electrons. The van der Waals surface area contributed by atoms with Crippen molar-refractivity contribution in [1.29, 1.82) is 0 Å². The third-order valence-electron chi connectivity index (χ3n) is 7.02. The molecule has 0 saturated heterocycles. The number of aryl methyl sites for hydroxylation is 2. The molecule has 24 heavy (non-hydrogen) atoms. The smallest absolute Gasteiger partial charge is 0.0319 e. The largest absolute Gasteiger partial charge is 0.400 e. The van der Waals surface area contributed by atoms with Crippen LogP contribution in [-0.2, 0) is 6.42 Å². The Morgan fingerprint density at radius 1 is 0.958 bits per heavy atom. The first-order chi connectivity index (χ1) is 11.7. The Bertz CT molecular complexity index is 544. The fourth-order valence-corrected chi connectivity index (χ4v) is 5.70. The zero-order valence-electron chi connectivity index (χ0n) is 16.0. The Labute approximate surface area is 148 Å². The summed E-state index contributed by atoms with van der Waals surface area (Å²) in [5.74, 6) is 2.91. The van der Waals surface area contributed by atoms with Crippen LogP contribution in [0.1, 0.15) is 87.3 Å². The molecular weight excluding hydrogens is 292 g/mol. The molecule has 0 bridgehead atoms. The molecule has 0 spiro atoms. The van der Waals surface area contributed by atoms with Gasteiger partial charge in [-0.15, -0.1) is 0 Å². The molecule has 4 unspecified atom stereocenters. The van der Waals surface area contributed by atoms with Crippen molar-refractivity contribution in [3.8, 4) is 0 Å². The van der Waals surface area contributed by atoms with E-state index in [-0.39, 0.29) is 0 Å². The van der Waals surface area contributed by atoms with Crippen LogP contribution in [0.3, 0.4) is 0 Å². The molecule has 3 fully saturated rings. The number of aliphatic hydroxyl groups is 1. The molecule has 4 atom stereocenters. The van der Waals surface area contributed by atoms with Crippen molar-refractivity contribution in [2.75, 3.05) is 7.11 Å². The lowest BCUT2D eigenvalue weighted by atomic mass is 9.56. The zero-order chi connectivity index (χ0) is 17.2.